The summed E-state index contributed by atoms with van der Waals surface area (Å²) in [6, 6.07) is 34.8. The van der Waals surface area contributed by atoms with E-state index >= 15 is 0 Å². The molecule has 1 unspecified atom stereocenters. The Hall–Kier alpha value is -6.12. The molecule has 4 aliphatic rings. The van der Waals surface area contributed by atoms with Crippen molar-refractivity contribution in [3.8, 4) is 56.8 Å². The van der Waals surface area contributed by atoms with E-state index in [1.165, 1.54) is 27.9 Å². The fraction of sp³-hybridized carbons (Fsp3) is 0.357. The molecule has 8 heteroatoms. The molecule has 8 nitrogen and oxygen atoms in total. The lowest BCUT2D eigenvalue weighted by atomic mass is 9.52. The second-order valence-corrected chi connectivity index (χ2v) is 19.5. The summed E-state index contributed by atoms with van der Waals surface area (Å²) < 4.78 is 43.2. The van der Waals surface area contributed by atoms with Crippen molar-refractivity contribution in [2.24, 2.45) is 10.8 Å². The van der Waals surface area contributed by atoms with Crippen molar-refractivity contribution in [3.63, 3.8) is 0 Å². The number of rotatable bonds is 9. The largest absolute Gasteiger partial charge is 0.497 e. The quantitative estimate of drug-likeness (QED) is 0.142. The van der Waals surface area contributed by atoms with Crippen LogP contribution in [0.25, 0.3) is 39.1 Å². The molecule has 6 aromatic carbocycles. The Morgan fingerprint density at radius 1 is 0.594 bits per heavy atom. The van der Waals surface area contributed by atoms with Crippen molar-refractivity contribution in [2.75, 3.05) is 66.8 Å². The second-order valence-electron chi connectivity index (χ2n) is 19.5. The summed E-state index contributed by atoms with van der Waals surface area (Å²) in [6.07, 6.45) is 7.84. The Morgan fingerprint density at radius 2 is 1.22 bits per heavy atom. The Balaban J connectivity index is 1.29. The molecule has 64 heavy (non-hydrogen) atoms. The third-order valence-electron chi connectivity index (χ3n) is 14.2. The summed E-state index contributed by atoms with van der Waals surface area (Å²) in [7, 11) is 8.37. The van der Waals surface area contributed by atoms with Crippen LogP contribution in [0.15, 0.2) is 103 Å². The zero-order valence-corrected chi connectivity index (χ0v) is 38.6. The monoisotopic (exact) mass is 857 g/mol. The fourth-order valence-corrected chi connectivity index (χ4v) is 12.4. The number of fused-ring (bicyclic) bond motifs is 10. The lowest BCUT2D eigenvalue weighted by Gasteiger charge is -2.52. The Morgan fingerprint density at radius 3 is 1.83 bits per heavy atom. The van der Waals surface area contributed by atoms with Gasteiger partial charge in [-0.05, 0) is 118 Å². The third kappa shape index (κ3) is 6.58. The van der Waals surface area contributed by atoms with Gasteiger partial charge in [-0.3, -0.25) is 0 Å². The van der Waals surface area contributed by atoms with E-state index < -0.39 is 5.60 Å². The van der Waals surface area contributed by atoms with Crippen LogP contribution in [-0.2, 0) is 15.8 Å². The minimum absolute atomic E-state index is 0.0773. The molecule has 0 radical (unpaired) electrons. The zero-order valence-electron chi connectivity index (χ0n) is 38.6. The first kappa shape index (κ1) is 41.9. The maximum Gasteiger partial charge on any atom is 0.203 e. The van der Waals surface area contributed by atoms with E-state index in [4.69, 9.17) is 33.2 Å². The van der Waals surface area contributed by atoms with Crippen LogP contribution in [0.1, 0.15) is 74.8 Å². The average molecular weight is 858 g/mol. The predicted molar refractivity (Wildman–Crippen MR) is 256 cm³/mol. The molecule has 0 aromatic heterocycles. The summed E-state index contributed by atoms with van der Waals surface area (Å²) in [4.78, 5) is 2.39. The first-order valence-corrected chi connectivity index (χ1v) is 22.5. The lowest BCUT2D eigenvalue weighted by Crippen LogP contribution is -2.44. The lowest BCUT2D eigenvalue weighted by molar-refractivity contribution is 0.0642. The van der Waals surface area contributed by atoms with Gasteiger partial charge in [0.05, 0.1) is 48.8 Å². The molecule has 1 saturated heterocycles. The van der Waals surface area contributed by atoms with Crippen molar-refractivity contribution in [3.05, 3.63) is 131 Å². The number of morpholine rings is 1. The number of methoxy groups -OCH3 is 5. The van der Waals surface area contributed by atoms with Crippen LogP contribution in [-0.4, -0.2) is 61.9 Å². The van der Waals surface area contributed by atoms with Gasteiger partial charge in [0, 0.05) is 51.8 Å². The molecule has 6 aromatic rings. The Kier molecular flexibility index (Phi) is 10.2. The van der Waals surface area contributed by atoms with Crippen molar-refractivity contribution in [2.45, 2.75) is 58.0 Å². The first-order valence-electron chi connectivity index (χ1n) is 22.5. The van der Waals surface area contributed by atoms with Gasteiger partial charge in [-0.2, -0.15) is 0 Å². The molecule has 0 N–H and O–H groups in total. The van der Waals surface area contributed by atoms with Crippen LogP contribution in [0.4, 0.5) is 5.69 Å². The van der Waals surface area contributed by atoms with Gasteiger partial charge in [0.1, 0.15) is 17.2 Å². The minimum Gasteiger partial charge on any atom is -0.497 e. The van der Waals surface area contributed by atoms with Gasteiger partial charge in [0.15, 0.2) is 17.1 Å². The molecule has 330 valence electrons. The fourth-order valence-electron chi connectivity index (χ4n) is 12.4. The molecule has 2 aliphatic heterocycles. The summed E-state index contributed by atoms with van der Waals surface area (Å²) in [5.74, 6) is 4.01. The maximum absolute atomic E-state index is 7.90. The van der Waals surface area contributed by atoms with Gasteiger partial charge in [0.2, 0.25) is 5.75 Å². The van der Waals surface area contributed by atoms with Gasteiger partial charge >= 0.3 is 0 Å². The molecule has 0 amide bonds. The number of anilines is 1. The number of nitrogens with zero attached hydrogens (tertiary/aromatic N) is 1. The Labute approximate surface area is 377 Å². The summed E-state index contributed by atoms with van der Waals surface area (Å²) in [6.45, 7) is 13.0. The van der Waals surface area contributed by atoms with E-state index in [2.05, 4.69) is 118 Å². The van der Waals surface area contributed by atoms with Gasteiger partial charge < -0.3 is 38.1 Å². The minimum atomic E-state index is -0.976. The highest BCUT2D eigenvalue weighted by molar-refractivity contribution is 6.11. The zero-order chi connectivity index (χ0) is 44.6. The van der Waals surface area contributed by atoms with E-state index in [0.717, 1.165) is 95.7 Å². The van der Waals surface area contributed by atoms with Gasteiger partial charge in [-0.1, -0.05) is 82.3 Å². The smallest absolute Gasteiger partial charge is 0.203 e. The maximum atomic E-state index is 7.90. The van der Waals surface area contributed by atoms with Crippen molar-refractivity contribution in [1.29, 1.82) is 0 Å². The molecule has 10 rings (SSSR count). The van der Waals surface area contributed by atoms with E-state index in [0.29, 0.717) is 23.0 Å². The molecule has 1 atom stereocenters. The van der Waals surface area contributed by atoms with E-state index in [-0.39, 0.29) is 16.2 Å². The molecule has 1 saturated carbocycles. The van der Waals surface area contributed by atoms with E-state index in [9.17, 15) is 0 Å². The summed E-state index contributed by atoms with van der Waals surface area (Å²) in [5, 5.41) is 2.08. The Bertz CT molecular complexity index is 2760. The highest BCUT2D eigenvalue weighted by Gasteiger charge is 2.55. The number of ether oxygens (including phenoxy) is 7. The van der Waals surface area contributed by atoms with Crippen molar-refractivity contribution >= 4 is 22.5 Å². The highest BCUT2D eigenvalue weighted by atomic mass is 16.5. The van der Waals surface area contributed by atoms with Crippen LogP contribution in [0.5, 0.6) is 34.5 Å². The van der Waals surface area contributed by atoms with Crippen molar-refractivity contribution < 1.29 is 33.2 Å². The van der Waals surface area contributed by atoms with Gasteiger partial charge in [0.25, 0.3) is 0 Å². The molecule has 2 fully saturated rings. The van der Waals surface area contributed by atoms with Crippen LogP contribution >= 0.6 is 0 Å². The molecule has 0 bridgehead atoms. The molecular weight excluding hydrogens is 799 g/mol. The first-order chi connectivity index (χ1) is 30.9. The van der Waals surface area contributed by atoms with Crippen LogP contribution in [0.2, 0.25) is 0 Å². The molecular formula is C56H59NO7. The molecule has 2 heterocycles. The standard InChI is InChI=1S/C56H59NO7/c1-53(2)32-54(3,4)34-55(33-53)45-13-11-10-12-40(45)49-43-30-42(35-28-47(60-7)52(62-9)48(29-35)61-8)46(59-6)31-44(43)51-41(50(49)55)22-23-56(64-51,37-16-20-39(58-5)21-17-37)36-14-18-38(19-15-36)57-24-26-63-27-25-57/h10-23,28-31H,24-27,32-34H2,1-9H3. The topological polar surface area (TPSA) is 67.9 Å². The van der Waals surface area contributed by atoms with E-state index in [1.807, 2.05) is 24.3 Å². The molecule has 1 spiro atoms. The summed E-state index contributed by atoms with van der Waals surface area (Å²) in [5.41, 5.74) is 10.3. The van der Waals surface area contributed by atoms with Gasteiger partial charge in [-0.15, -0.1) is 0 Å². The summed E-state index contributed by atoms with van der Waals surface area (Å²) >= 11 is 0. The van der Waals surface area contributed by atoms with E-state index in [1.54, 1.807) is 35.5 Å². The predicted octanol–water partition coefficient (Wildman–Crippen LogP) is 12.2. The highest BCUT2D eigenvalue weighted by Crippen LogP contribution is 2.67. The number of hydrogen-bond acceptors (Lipinski definition) is 8. The second kappa shape index (κ2) is 15.5. The normalized spacial score (nSPS) is 19.9. The molecule has 2 aliphatic carbocycles. The van der Waals surface area contributed by atoms with Gasteiger partial charge in [-0.25, -0.2) is 0 Å². The number of benzene rings is 6. The number of hydrogen-bond donors (Lipinski definition) is 0. The average Bonchev–Trinajstić information content (AvgIpc) is 3.57. The van der Waals surface area contributed by atoms with Crippen LogP contribution < -0.4 is 33.3 Å². The van der Waals surface area contributed by atoms with Crippen LogP contribution in [0.3, 0.4) is 0 Å². The SMILES string of the molecule is COc1ccc(C2(c3ccc(N4CCOCC4)cc3)C=Cc3c4c(c5cc(-c6cc(OC)c(OC)c(OC)c6)c(OC)cc5c3O2)-c2ccccc2C42CC(C)(C)CC(C)(C)C2)cc1. The van der Waals surface area contributed by atoms with Crippen LogP contribution in [0, 0.1) is 10.8 Å². The van der Waals surface area contributed by atoms with Crippen molar-refractivity contribution in [1.82, 2.24) is 0 Å². The third-order valence-corrected chi connectivity index (χ3v) is 14.2.